The zero-order valence-electron chi connectivity index (χ0n) is 12.7. The molecule has 22 heavy (non-hydrogen) atoms. The van der Waals surface area contributed by atoms with Crippen LogP contribution in [0.25, 0.3) is 0 Å². The minimum atomic E-state index is -0.454. The van der Waals surface area contributed by atoms with Crippen molar-refractivity contribution >= 4 is 23.6 Å². The van der Waals surface area contributed by atoms with Crippen molar-refractivity contribution in [3.63, 3.8) is 0 Å². The lowest BCUT2D eigenvalue weighted by Gasteiger charge is -2.33. The Labute approximate surface area is 133 Å². The second kappa shape index (κ2) is 6.28. The predicted molar refractivity (Wildman–Crippen MR) is 82.3 cm³/mol. The summed E-state index contributed by atoms with van der Waals surface area (Å²) in [5.41, 5.74) is 5.41. The second-order valence-corrected chi connectivity index (χ2v) is 6.86. The fourth-order valence-corrected chi connectivity index (χ4v) is 3.87. The standard InChI is InChI=1S/C14H21N5O2S/c1-9-16-17-14(19(9)10-5-6-10)22-8-12(20)18-7-3-2-4-11(18)13(15)21/h10-11H,2-8H2,1H3,(H2,15,21)/t11-/m0/s1. The average Bonchev–Trinajstić information content (AvgIpc) is 3.28. The van der Waals surface area contributed by atoms with Crippen molar-refractivity contribution in [2.75, 3.05) is 12.3 Å². The van der Waals surface area contributed by atoms with Crippen molar-refractivity contribution in [3.05, 3.63) is 5.82 Å². The van der Waals surface area contributed by atoms with Crippen molar-refractivity contribution < 1.29 is 9.59 Å². The number of aryl methyl sites for hydroxylation is 1. The van der Waals surface area contributed by atoms with Gasteiger partial charge < -0.3 is 15.2 Å². The first-order valence-corrected chi connectivity index (χ1v) is 8.69. The summed E-state index contributed by atoms with van der Waals surface area (Å²) >= 11 is 1.40. The Kier molecular flexibility index (Phi) is 4.37. The summed E-state index contributed by atoms with van der Waals surface area (Å²) in [6.45, 7) is 2.55. The molecule has 2 amide bonds. The number of thioether (sulfide) groups is 1. The maximum atomic E-state index is 12.4. The van der Waals surface area contributed by atoms with Crippen molar-refractivity contribution in [2.45, 2.75) is 56.3 Å². The number of rotatable bonds is 5. The first kappa shape index (κ1) is 15.3. The van der Waals surface area contributed by atoms with E-state index in [4.69, 9.17) is 5.73 Å². The number of nitrogens with zero attached hydrogens (tertiary/aromatic N) is 4. The summed E-state index contributed by atoms with van der Waals surface area (Å²) in [5, 5.41) is 9.06. The number of aromatic nitrogens is 3. The molecule has 2 N–H and O–H groups in total. The van der Waals surface area contributed by atoms with Gasteiger partial charge in [-0.1, -0.05) is 11.8 Å². The highest BCUT2D eigenvalue weighted by Crippen LogP contribution is 2.38. The molecule has 1 aromatic rings. The summed E-state index contributed by atoms with van der Waals surface area (Å²) in [6.07, 6.45) is 4.84. The molecule has 1 saturated heterocycles. The normalized spacial score (nSPS) is 21.9. The number of amides is 2. The second-order valence-electron chi connectivity index (χ2n) is 5.92. The maximum absolute atomic E-state index is 12.4. The van der Waals surface area contributed by atoms with E-state index in [9.17, 15) is 9.59 Å². The van der Waals surface area contributed by atoms with Gasteiger partial charge in [-0.05, 0) is 39.0 Å². The third-order valence-corrected chi connectivity index (χ3v) is 5.15. The SMILES string of the molecule is Cc1nnc(SCC(=O)N2CCCC[C@H]2C(N)=O)n1C1CC1. The predicted octanol–water partition coefficient (Wildman–Crippen LogP) is 0.880. The van der Waals surface area contributed by atoms with E-state index < -0.39 is 11.9 Å². The topological polar surface area (TPSA) is 94.1 Å². The van der Waals surface area contributed by atoms with Crippen LogP contribution in [0.4, 0.5) is 0 Å². The molecular formula is C14H21N5O2S. The Morgan fingerprint density at radius 2 is 2.05 bits per heavy atom. The van der Waals surface area contributed by atoms with Crippen LogP contribution in [0.3, 0.4) is 0 Å². The molecule has 120 valence electrons. The molecule has 1 atom stereocenters. The Morgan fingerprint density at radius 3 is 2.73 bits per heavy atom. The molecule has 0 aromatic carbocycles. The van der Waals surface area contributed by atoms with E-state index in [2.05, 4.69) is 14.8 Å². The highest BCUT2D eigenvalue weighted by atomic mass is 32.2. The Hall–Kier alpha value is -1.57. The highest BCUT2D eigenvalue weighted by Gasteiger charge is 2.32. The van der Waals surface area contributed by atoms with Gasteiger partial charge in [0.25, 0.3) is 0 Å². The van der Waals surface area contributed by atoms with Crippen LogP contribution in [0.15, 0.2) is 5.16 Å². The molecule has 2 heterocycles. The van der Waals surface area contributed by atoms with Gasteiger partial charge in [0.05, 0.1) is 5.75 Å². The lowest BCUT2D eigenvalue weighted by Crippen LogP contribution is -2.51. The first-order valence-electron chi connectivity index (χ1n) is 7.71. The minimum absolute atomic E-state index is 0.0449. The number of hydrogen-bond donors (Lipinski definition) is 1. The number of primary amides is 1. The van der Waals surface area contributed by atoms with Gasteiger partial charge in [-0.15, -0.1) is 10.2 Å². The molecular weight excluding hydrogens is 302 g/mol. The zero-order valence-corrected chi connectivity index (χ0v) is 13.5. The van der Waals surface area contributed by atoms with Crippen LogP contribution < -0.4 is 5.73 Å². The van der Waals surface area contributed by atoms with E-state index in [0.29, 0.717) is 19.0 Å². The number of likely N-dealkylation sites (tertiary alicyclic amines) is 1. The molecule has 0 bridgehead atoms. The van der Waals surface area contributed by atoms with Crippen LogP contribution in [-0.4, -0.2) is 49.8 Å². The van der Waals surface area contributed by atoms with Gasteiger partial charge >= 0.3 is 0 Å². The summed E-state index contributed by atoms with van der Waals surface area (Å²) < 4.78 is 2.11. The van der Waals surface area contributed by atoms with E-state index in [-0.39, 0.29) is 11.7 Å². The van der Waals surface area contributed by atoms with Crippen LogP contribution >= 0.6 is 11.8 Å². The van der Waals surface area contributed by atoms with Crippen LogP contribution in [-0.2, 0) is 9.59 Å². The molecule has 1 saturated carbocycles. The van der Waals surface area contributed by atoms with Gasteiger partial charge in [-0.25, -0.2) is 0 Å². The highest BCUT2D eigenvalue weighted by molar-refractivity contribution is 7.99. The molecule has 3 rings (SSSR count). The molecule has 0 spiro atoms. The number of carbonyl (C=O) groups is 2. The van der Waals surface area contributed by atoms with Crippen LogP contribution in [0.5, 0.6) is 0 Å². The molecule has 1 aliphatic carbocycles. The lowest BCUT2D eigenvalue weighted by atomic mass is 10.0. The van der Waals surface area contributed by atoms with Gasteiger partial charge in [-0.2, -0.15) is 0 Å². The van der Waals surface area contributed by atoms with E-state index in [1.165, 1.54) is 11.8 Å². The molecule has 1 aliphatic heterocycles. The molecule has 2 aliphatic rings. The third-order valence-electron chi connectivity index (χ3n) is 4.22. The third kappa shape index (κ3) is 3.11. The number of piperidine rings is 1. The molecule has 8 heteroatoms. The van der Waals surface area contributed by atoms with Crippen molar-refractivity contribution in [1.82, 2.24) is 19.7 Å². The summed E-state index contributed by atoms with van der Waals surface area (Å²) in [5.74, 6) is 0.714. The monoisotopic (exact) mass is 323 g/mol. The average molecular weight is 323 g/mol. The molecule has 0 radical (unpaired) electrons. The fraction of sp³-hybridized carbons (Fsp3) is 0.714. The smallest absolute Gasteiger partial charge is 0.240 e. The van der Waals surface area contributed by atoms with Gasteiger partial charge in [-0.3, -0.25) is 9.59 Å². The van der Waals surface area contributed by atoms with Gasteiger partial charge in [0.15, 0.2) is 5.16 Å². The largest absolute Gasteiger partial charge is 0.368 e. The van der Waals surface area contributed by atoms with Gasteiger partial charge in [0, 0.05) is 12.6 Å². The molecule has 7 nitrogen and oxygen atoms in total. The molecule has 0 unspecified atom stereocenters. The van der Waals surface area contributed by atoms with Crippen molar-refractivity contribution in [3.8, 4) is 0 Å². The molecule has 2 fully saturated rings. The van der Waals surface area contributed by atoms with E-state index in [1.807, 2.05) is 6.92 Å². The Bertz CT molecular complexity index is 584. The Balaban J connectivity index is 1.63. The van der Waals surface area contributed by atoms with Crippen LogP contribution in [0.1, 0.15) is 44.0 Å². The fourth-order valence-electron chi connectivity index (χ4n) is 2.94. The summed E-state index contributed by atoms with van der Waals surface area (Å²) in [4.78, 5) is 25.6. The number of carbonyl (C=O) groups excluding carboxylic acids is 2. The summed E-state index contributed by atoms with van der Waals surface area (Å²) in [7, 11) is 0. The van der Waals surface area contributed by atoms with E-state index in [0.717, 1.165) is 36.7 Å². The Morgan fingerprint density at radius 1 is 1.27 bits per heavy atom. The zero-order chi connectivity index (χ0) is 15.7. The van der Waals surface area contributed by atoms with Crippen LogP contribution in [0.2, 0.25) is 0 Å². The van der Waals surface area contributed by atoms with E-state index >= 15 is 0 Å². The van der Waals surface area contributed by atoms with Gasteiger partial charge in [0.1, 0.15) is 11.9 Å². The number of hydrogen-bond acceptors (Lipinski definition) is 5. The van der Waals surface area contributed by atoms with Crippen molar-refractivity contribution in [2.24, 2.45) is 5.73 Å². The first-order chi connectivity index (χ1) is 10.6. The van der Waals surface area contributed by atoms with Gasteiger partial charge in [0.2, 0.25) is 11.8 Å². The molecule has 1 aromatic heterocycles. The summed E-state index contributed by atoms with van der Waals surface area (Å²) in [6, 6.07) is 0.0332. The quantitative estimate of drug-likeness (QED) is 0.812. The maximum Gasteiger partial charge on any atom is 0.240 e. The minimum Gasteiger partial charge on any atom is -0.368 e. The van der Waals surface area contributed by atoms with Crippen LogP contribution in [0, 0.1) is 6.92 Å². The number of nitrogens with two attached hydrogens (primary N) is 1. The van der Waals surface area contributed by atoms with Crippen molar-refractivity contribution in [1.29, 1.82) is 0 Å². The lowest BCUT2D eigenvalue weighted by molar-refractivity contribution is -0.138. The van der Waals surface area contributed by atoms with E-state index in [1.54, 1.807) is 4.90 Å².